The normalized spacial score (nSPS) is 25.3. The third-order valence-electron chi connectivity index (χ3n) is 4.49. The smallest absolute Gasteiger partial charge is 0.306 e. The zero-order chi connectivity index (χ0) is 14.7. The highest BCUT2D eigenvalue weighted by atomic mass is 16.5. The van der Waals surface area contributed by atoms with Gasteiger partial charge >= 0.3 is 5.97 Å². The zero-order valence-electron chi connectivity index (χ0n) is 12.3. The summed E-state index contributed by atoms with van der Waals surface area (Å²) < 4.78 is 5.91. The minimum absolute atomic E-state index is 0.163. The number of carboxylic acid groups (broad SMARTS) is 1. The predicted molar refractivity (Wildman–Crippen MR) is 81.7 cm³/mol. The van der Waals surface area contributed by atoms with E-state index in [1.54, 1.807) is 0 Å². The van der Waals surface area contributed by atoms with Gasteiger partial charge in [0.15, 0.2) is 0 Å². The van der Waals surface area contributed by atoms with Gasteiger partial charge in [-0.2, -0.15) is 0 Å². The van der Waals surface area contributed by atoms with Crippen molar-refractivity contribution >= 4 is 11.7 Å². The van der Waals surface area contributed by atoms with Crippen LogP contribution >= 0.6 is 0 Å². The maximum Gasteiger partial charge on any atom is 0.306 e. The minimum Gasteiger partial charge on any atom is -0.491 e. The number of nitrogens with one attached hydrogen (secondary N) is 1. The Bertz CT molecular complexity index is 491. The highest BCUT2D eigenvalue weighted by Crippen LogP contribution is 2.33. The van der Waals surface area contributed by atoms with Crippen LogP contribution in [0.25, 0.3) is 0 Å². The second-order valence-corrected chi connectivity index (χ2v) is 6.28. The van der Waals surface area contributed by atoms with Gasteiger partial charge in [-0.25, -0.2) is 0 Å². The summed E-state index contributed by atoms with van der Waals surface area (Å²) in [4.78, 5) is 11.0. The van der Waals surface area contributed by atoms with Gasteiger partial charge in [0.2, 0.25) is 0 Å². The molecule has 0 radical (unpaired) electrons. The van der Waals surface area contributed by atoms with Gasteiger partial charge in [-0.05, 0) is 56.6 Å². The number of aliphatic carboxylic acids is 1. The molecule has 0 atom stereocenters. The minimum atomic E-state index is -0.651. The van der Waals surface area contributed by atoms with Crippen LogP contribution in [-0.2, 0) is 4.79 Å². The van der Waals surface area contributed by atoms with Crippen molar-refractivity contribution in [1.82, 2.24) is 0 Å². The SMILES string of the molecule is O=C(O)C1CCC(Nc2ccccc2OCC2CC2)CC1. The Labute approximate surface area is 125 Å². The molecule has 0 aromatic heterocycles. The van der Waals surface area contributed by atoms with Crippen LogP contribution in [0.2, 0.25) is 0 Å². The number of para-hydroxylation sites is 2. The zero-order valence-corrected chi connectivity index (χ0v) is 12.3. The molecule has 2 saturated carbocycles. The summed E-state index contributed by atoms with van der Waals surface area (Å²) in [6.07, 6.45) is 5.92. The highest BCUT2D eigenvalue weighted by Gasteiger charge is 2.26. The number of anilines is 1. The molecular formula is C17H23NO3. The van der Waals surface area contributed by atoms with Crippen LogP contribution in [0.3, 0.4) is 0 Å². The number of carboxylic acids is 1. The number of hydrogen-bond donors (Lipinski definition) is 2. The van der Waals surface area contributed by atoms with Gasteiger partial charge in [0.1, 0.15) is 5.75 Å². The molecule has 4 heteroatoms. The van der Waals surface area contributed by atoms with E-state index < -0.39 is 5.97 Å². The molecule has 1 aromatic rings. The van der Waals surface area contributed by atoms with E-state index in [2.05, 4.69) is 5.32 Å². The van der Waals surface area contributed by atoms with E-state index >= 15 is 0 Å². The molecule has 2 aliphatic rings. The maximum absolute atomic E-state index is 11.0. The summed E-state index contributed by atoms with van der Waals surface area (Å²) in [5.74, 6) is 0.847. The quantitative estimate of drug-likeness (QED) is 0.841. The molecule has 0 spiro atoms. The molecule has 0 heterocycles. The van der Waals surface area contributed by atoms with E-state index in [0.717, 1.165) is 49.6 Å². The van der Waals surface area contributed by atoms with E-state index in [-0.39, 0.29) is 5.92 Å². The first-order valence-electron chi connectivity index (χ1n) is 7.93. The average molecular weight is 289 g/mol. The fourth-order valence-electron chi connectivity index (χ4n) is 2.91. The van der Waals surface area contributed by atoms with Gasteiger partial charge in [0.25, 0.3) is 0 Å². The summed E-state index contributed by atoms with van der Waals surface area (Å²) in [6.45, 7) is 0.810. The molecule has 0 unspecified atom stereocenters. The number of hydrogen-bond acceptors (Lipinski definition) is 3. The largest absolute Gasteiger partial charge is 0.491 e. The van der Waals surface area contributed by atoms with Gasteiger partial charge in [0, 0.05) is 6.04 Å². The summed E-state index contributed by atoms with van der Waals surface area (Å²) in [7, 11) is 0. The van der Waals surface area contributed by atoms with Crippen LogP contribution in [-0.4, -0.2) is 23.7 Å². The molecular weight excluding hydrogens is 266 g/mol. The second kappa shape index (κ2) is 6.37. The van der Waals surface area contributed by atoms with E-state index in [9.17, 15) is 4.79 Å². The van der Waals surface area contributed by atoms with Crippen molar-refractivity contribution in [3.63, 3.8) is 0 Å². The van der Waals surface area contributed by atoms with Crippen LogP contribution in [0.15, 0.2) is 24.3 Å². The molecule has 114 valence electrons. The van der Waals surface area contributed by atoms with Crippen molar-refractivity contribution in [2.24, 2.45) is 11.8 Å². The lowest BCUT2D eigenvalue weighted by Gasteiger charge is -2.28. The Morgan fingerprint density at radius 1 is 1.14 bits per heavy atom. The molecule has 4 nitrogen and oxygen atoms in total. The van der Waals surface area contributed by atoms with Crippen LogP contribution in [0.1, 0.15) is 38.5 Å². The molecule has 2 aliphatic carbocycles. The molecule has 3 rings (SSSR count). The molecule has 21 heavy (non-hydrogen) atoms. The third kappa shape index (κ3) is 3.90. The molecule has 0 saturated heterocycles. The number of rotatable bonds is 6. The van der Waals surface area contributed by atoms with Crippen LogP contribution in [0, 0.1) is 11.8 Å². The molecule has 2 fully saturated rings. The fourth-order valence-corrected chi connectivity index (χ4v) is 2.91. The Morgan fingerprint density at radius 3 is 2.52 bits per heavy atom. The van der Waals surface area contributed by atoms with Crippen molar-refractivity contribution in [2.45, 2.75) is 44.6 Å². The number of benzene rings is 1. The Morgan fingerprint density at radius 2 is 1.86 bits per heavy atom. The summed E-state index contributed by atoms with van der Waals surface area (Å²) >= 11 is 0. The lowest BCUT2D eigenvalue weighted by atomic mass is 9.86. The van der Waals surface area contributed by atoms with Gasteiger partial charge < -0.3 is 15.2 Å². The maximum atomic E-state index is 11.0. The first-order valence-corrected chi connectivity index (χ1v) is 7.93. The van der Waals surface area contributed by atoms with Crippen molar-refractivity contribution < 1.29 is 14.6 Å². The van der Waals surface area contributed by atoms with Gasteiger partial charge in [-0.1, -0.05) is 12.1 Å². The monoisotopic (exact) mass is 289 g/mol. The number of ether oxygens (including phenoxy) is 1. The second-order valence-electron chi connectivity index (χ2n) is 6.28. The van der Waals surface area contributed by atoms with E-state index in [1.165, 1.54) is 12.8 Å². The lowest BCUT2D eigenvalue weighted by Crippen LogP contribution is -2.29. The van der Waals surface area contributed by atoms with Crippen molar-refractivity contribution in [3.05, 3.63) is 24.3 Å². The molecule has 2 N–H and O–H groups in total. The lowest BCUT2D eigenvalue weighted by molar-refractivity contribution is -0.142. The van der Waals surface area contributed by atoms with Crippen LogP contribution < -0.4 is 10.1 Å². The third-order valence-corrected chi connectivity index (χ3v) is 4.49. The van der Waals surface area contributed by atoms with Crippen LogP contribution in [0.4, 0.5) is 5.69 Å². The highest BCUT2D eigenvalue weighted by molar-refractivity contribution is 5.70. The summed E-state index contributed by atoms with van der Waals surface area (Å²) in [5, 5.41) is 12.6. The van der Waals surface area contributed by atoms with Crippen LogP contribution in [0.5, 0.6) is 5.75 Å². The standard InChI is InChI=1S/C17H23NO3/c19-17(20)13-7-9-14(10-8-13)18-15-3-1-2-4-16(15)21-11-12-5-6-12/h1-4,12-14,18H,5-11H2,(H,19,20). The molecule has 0 bridgehead atoms. The van der Waals surface area contributed by atoms with Gasteiger partial charge in [-0.3, -0.25) is 4.79 Å². The average Bonchev–Trinajstić information content (AvgIpc) is 3.31. The van der Waals surface area contributed by atoms with Gasteiger partial charge in [0.05, 0.1) is 18.2 Å². The first-order chi connectivity index (χ1) is 10.2. The summed E-state index contributed by atoms with van der Waals surface area (Å²) in [6, 6.07) is 8.41. The predicted octanol–water partition coefficient (Wildman–Crippen LogP) is 3.53. The Hall–Kier alpha value is -1.71. The molecule has 0 amide bonds. The molecule has 0 aliphatic heterocycles. The fraction of sp³-hybridized carbons (Fsp3) is 0.588. The molecule has 1 aromatic carbocycles. The van der Waals surface area contributed by atoms with E-state index in [0.29, 0.717) is 6.04 Å². The Balaban J connectivity index is 1.55. The van der Waals surface area contributed by atoms with Crippen molar-refractivity contribution in [3.8, 4) is 5.75 Å². The first kappa shape index (κ1) is 14.2. The van der Waals surface area contributed by atoms with E-state index in [1.807, 2.05) is 24.3 Å². The van der Waals surface area contributed by atoms with Crippen molar-refractivity contribution in [1.29, 1.82) is 0 Å². The van der Waals surface area contributed by atoms with E-state index in [4.69, 9.17) is 9.84 Å². The Kier molecular flexibility index (Phi) is 4.32. The van der Waals surface area contributed by atoms with Crippen molar-refractivity contribution in [2.75, 3.05) is 11.9 Å². The topological polar surface area (TPSA) is 58.6 Å². The number of carbonyl (C=O) groups is 1. The summed E-state index contributed by atoms with van der Waals surface area (Å²) in [5.41, 5.74) is 1.04. The van der Waals surface area contributed by atoms with Gasteiger partial charge in [-0.15, -0.1) is 0 Å².